The largest absolute Gasteiger partial charge is 0.506 e. The molecule has 1 aromatic carbocycles. The highest BCUT2D eigenvalue weighted by Crippen LogP contribution is 2.21. The molecule has 0 aliphatic heterocycles. The van der Waals surface area contributed by atoms with Gasteiger partial charge in [0.1, 0.15) is 17.1 Å². The Kier molecular flexibility index (Phi) is 2.68. The van der Waals surface area contributed by atoms with Gasteiger partial charge >= 0.3 is 0 Å². The first-order valence-corrected chi connectivity index (χ1v) is 4.96. The lowest BCUT2D eigenvalue weighted by atomic mass is 10.2. The summed E-state index contributed by atoms with van der Waals surface area (Å²) in [7, 11) is 0. The highest BCUT2D eigenvalue weighted by molar-refractivity contribution is 5.75. The first kappa shape index (κ1) is 10.4. The molecule has 1 aromatic heterocycles. The van der Waals surface area contributed by atoms with Crippen LogP contribution in [0.2, 0.25) is 0 Å². The molecule has 0 amide bonds. The molecular formula is C11H11N3O2. The van der Waals surface area contributed by atoms with Gasteiger partial charge in [-0.2, -0.15) is 0 Å². The molecule has 0 aliphatic rings. The molecule has 16 heavy (non-hydrogen) atoms. The van der Waals surface area contributed by atoms with Gasteiger partial charge in [-0.05, 0) is 18.6 Å². The van der Waals surface area contributed by atoms with Crippen LogP contribution < -0.4 is 0 Å². The van der Waals surface area contributed by atoms with Crippen LogP contribution in [-0.2, 0) is 6.42 Å². The van der Waals surface area contributed by atoms with Crippen LogP contribution >= 0.6 is 0 Å². The van der Waals surface area contributed by atoms with Crippen molar-refractivity contribution in [1.29, 1.82) is 0 Å². The topological polar surface area (TPSA) is 68.0 Å². The molecule has 0 spiro atoms. The quantitative estimate of drug-likeness (QED) is 0.788. The second-order valence-electron chi connectivity index (χ2n) is 3.29. The van der Waals surface area contributed by atoms with Crippen molar-refractivity contribution in [3.63, 3.8) is 0 Å². The number of phenols is 1. The highest BCUT2D eigenvalue weighted by Gasteiger charge is 2.13. The molecule has 5 nitrogen and oxygen atoms in total. The minimum atomic E-state index is 0.0677. The average Bonchev–Trinajstić information content (AvgIpc) is 2.72. The fourth-order valence-electron chi connectivity index (χ4n) is 1.51. The Morgan fingerprint density at radius 2 is 2.19 bits per heavy atom. The third-order valence-electron chi connectivity index (χ3n) is 2.34. The SMILES string of the molecule is CCc1nnn(-c2ccccc2O)c1C=O. The third-order valence-corrected chi connectivity index (χ3v) is 2.34. The summed E-state index contributed by atoms with van der Waals surface area (Å²) in [6.45, 7) is 1.90. The van der Waals surface area contributed by atoms with E-state index in [1.165, 1.54) is 10.7 Å². The van der Waals surface area contributed by atoms with Crippen LogP contribution in [0.15, 0.2) is 24.3 Å². The van der Waals surface area contributed by atoms with Gasteiger partial charge in [-0.3, -0.25) is 4.79 Å². The van der Waals surface area contributed by atoms with Crippen molar-refractivity contribution in [3.05, 3.63) is 35.7 Å². The van der Waals surface area contributed by atoms with E-state index in [9.17, 15) is 9.90 Å². The molecule has 0 bridgehead atoms. The predicted octanol–water partition coefficient (Wildman–Crippen LogP) is 1.35. The molecule has 0 radical (unpaired) electrons. The fourth-order valence-corrected chi connectivity index (χ4v) is 1.51. The Bertz CT molecular complexity index is 520. The number of aryl methyl sites for hydroxylation is 1. The Morgan fingerprint density at radius 3 is 2.81 bits per heavy atom. The monoisotopic (exact) mass is 217 g/mol. The number of carbonyl (C=O) groups excluding carboxylic acids is 1. The number of rotatable bonds is 3. The van der Waals surface area contributed by atoms with E-state index in [2.05, 4.69) is 10.3 Å². The lowest BCUT2D eigenvalue weighted by Gasteiger charge is -2.04. The van der Waals surface area contributed by atoms with E-state index in [4.69, 9.17) is 0 Å². The molecule has 82 valence electrons. The summed E-state index contributed by atoms with van der Waals surface area (Å²) in [5.74, 6) is 0.0677. The molecule has 5 heteroatoms. The van der Waals surface area contributed by atoms with Crippen LogP contribution in [0.1, 0.15) is 23.1 Å². The van der Waals surface area contributed by atoms with E-state index in [0.717, 1.165) is 0 Å². The van der Waals surface area contributed by atoms with Gasteiger partial charge in [-0.25, -0.2) is 4.68 Å². The van der Waals surface area contributed by atoms with Crippen LogP contribution in [0.4, 0.5) is 0 Å². The molecule has 0 fully saturated rings. The van der Waals surface area contributed by atoms with E-state index in [0.29, 0.717) is 29.8 Å². The number of para-hydroxylation sites is 2. The van der Waals surface area contributed by atoms with Gasteiger partial charge in [0.2, 0.25) is 0 Å². The standard InChI is InChI=1S/C11H11N3O2/c1-2-8-10(7-15)14(13-12-8)9-5-3-4-6-11(9)16/h3-7,16H,2H2,1H3. The van der Waals surface area contributed by atoms with E-state index >= 15 is 0 Å². The van der Waals surface area contributed by atoms with Crippen LogP contribution in [0.5, 0.6) is 5.75 Å². The maximum absolute atomic E-state index is 11.0. The number of carbonyl (C=O) groups is 1. The van der Waals surface area contributed by atoms with Gasteiger partial charge in [0.05, 0.1) is 5.69 Å². The van der Waals surface area contributed by atoms with E-state index in [-0.39, 0.29) is 5.75 Å². The molecule has 2 aromatic rings. The van der Waals surface area contributed by atoms with Crippen molar-refractivity contribution in [1.82, 2.24) is 15.0 Å². The van der Waals surface area contributed by atoms with Gasteiger partial charge in [0.15, 0.2) is 6.29 Å². The van der Waals surface area contributed by atoms with E-state index in [1.807, 2.05) is 6.92 Å². The Labute approximate surface area is 92.3 Å². The molecule has 1 N–H and O–H groups in total. The number of phenolic OH excluding ortho intramolecular Hbond substituents is 1. The number of hydrogen-bond acceptors (Lipinski definition) is 4. The summed E-state index contributed by atoms with van der Waals surface area (Å²) in [5, 5.41) is 17.4. The van der Waals surface area contributed by atoms with Crippen LogP contribution in [0.3, 0.4) is 0 Å². The molecule has 0 aliphatic carbocycles. The van der Waals surface area contributed by atoms with E-state index < -0.39 is 0 Å². The van der Waals surface area contributed by atoms with Crippen molar-refractivity contribution in [3.8, 4) is 11.4 Å². The number of aromatic nitrogens is 3. The molecule has 0 unspecified atom stereocenters. The smallest absolute Gasteiger partial charge is 0.170 e. The molecule has 1 heterocycles. The minimum absolute atomic E-state index is 0.0677. The fraction of sp³-hybridized carbons (Fsp3) is 0.182. The molecular weight excluding hydrogens is 206 g/mol. The van der Waals surface area contributed by atoms with Gasteiger partial charge < -0.3 is 5.11 Å². The second kappa shape index (κ2) is 4.14. The summed E-state index contributed by atoms with van der Waals surface area (Å²) < 4.78 is 1.35. The van der Waals surface area contributed by atoms with Gasteiger partial charge in [-0.1, -0.05) is 24.3 Å². The van der Waals surface area contributed by atoms with Crippen molar-refractivity contribution >= 4 is 6.29 Å². The number of nitrogens with zero attached hydrogens (tertiary/aromatic N) is 3. The first-order valence-electron chi connectivity index (χ1n) is 4.96. The number of hydrogen-bond donors (Lipinski definition) is 1. The molecule has 0 saturated heterocycles. The van der Waals surface area contributed by atoms with Gasteiger partial charge in [0.25, 0.3) is 0 Å². The van der Waals surface area contributed by atoms with Crippen LogP contribution in [0.25, 0.3) is 5.69 Å². The van der Waals surface area contributed by atoms with Gasteiger partial charge in [0, 0.05) is 0 Å². The Morgan fingerprint density at radius 1 is 1.44 bits per heavy atom. The lowest BCUT2D eigenvalue weighted by molar-refractivity contribution is 0.111. The van der Waals surface area contributed by atoms with E-state index in [1.54, 1.807) is 18.2 Å². The zero-order valence-corrected chi connectivity index (χ0v) is 8.79. The lowest BCUT2D eigenvalue weighted by Crippen LogP contribution is -2.02. The Hall–Kier alpha value is -2.17. The summed E-state index contributed by atoms with van der Waals surface area (Å²) in [5.41, 5.74) is 1.46. The Balaban J connectivity index is 2.61. The summed E-state index contributed by atoms with van der Waals surface area (Å²) in [4.78, 5) is 11.0. The summed E-state index contributed by atoms with van der Waals surface area (Å²) in [6.07, 6.45) is 1.33. The van der Waals surface area contributed by atoms with Crippen molar-refractivity contribution in [2.45, 2.75) is 13.3 Å². The molecule has 0 atom stereocenters. The van der Waals surface area contributed by atoms with Crippen LogP contribution in [0, 0.1) is 0 Å². The number of aromatic hydroxyl groups is 1. The average molecular weight is 217 g/mol. The van der Waals surface area contributed by atoms with Crippen molar-refractivity contribution in [2.75, 3.05) is 0 Å². The maximum Gasteiger partial charge on any atom is 0.170 e. The third kappa shape index (κ3) is 1.56. The molecule has 2 rings (SSSR count). The molecule has 0 saturated carbocycles. The normalized spacial score (nSPS) is 10.3. The predicted molar refractivity (Wildman–Crippen MR) is 57.8 cm³/mol. The summed E-state index contributed by atoms with van der Waals surface area (Å²) >= 11 is 0. The van der Waals surface area contributed by atoms with Crippen LogP contribution in [-0.4, -0.2) is 26.4 Å². The zero-order valence-electron chi connectivity index (χ0n) is 8.79. The van der Waals surface area contributed by atoms with Crippen molar-refractivity contribution < 1.29 is 9.90 Å². The highest BCUT2D eigenvalue weighted by atomic mass is 16.3. The minimum Gasteiger partial charge on any atom is -0.506 e. The zero-order chi connectivity index (χ0) is 11.5. The summed E-state index contributed by atoms with van der Waals surface area (Å²) in [6, 6.07) is 6.68. The van der Waals surface area contributed by atoms with Gasteiger partial charge in [-0.15, -0.1) is 5.10 Å². The second-order valence-corrected chi connectivity index (χ2v) is 3.29. The maximum atomic E-state index is 11.0. The van der Waals surface area contributed by atoms with Crippen molar-refractivity contribution in [2.24, 2.45) is 0 Å². The number of aldehydes is 1. The first-order chi connectivity index (χ1) is 7.77. The number of benzene rings is 1.